The summed E-state index contributed by atoms with van der Waals surface area (Å²) in [5.41, 5.74) is 1.02. The lowest BCUT2D eigenvalue weighted by Crippen LogP contribution is -2.23. The molecule has 2 heterocycles. The largest absolute Gasteiger partial charge is 0.482 e. The average molecular weight is 318 g/mol. The van der Waals surface area contributed by atoms with Gasteiger partial charge in [0, 0.05) is 23.7 Å². The monoisotopic (exact) mass is 318 g/mol. The Morgan fingerprint density at radius 3 is 3.09 bits per heavy atom. The third-order valence-corrected chi connectivity index (χ3v) is 4.67. The van der Waals surface area contributed by atoms with Gasteiger partial charge in [0.1, 0.15) is 10.8 Å². The van der Waals surface area contributed by atoms with Crippen molar-refractivity contribution in [3.63, 3.8) is 0 Å². The molecule has 0 saturated carbocycles. The second kappa shape index (κ2) is 6.89. The zero-order valence-corrected chi connectivity index (χ0v) is 13.0. The first-order chi connectivity index (χ1) is 10.7. The van der Waals surface area contributed by atoms with Crippen LogP contribution in [0.4, 0.5) is 0 Å². The molecule has 3 rings (SSSR count). The summed E-state index contributed by atoms with van der Waals surface area (Å²) in [5, 5.41) is 11.9. The van der Waals surface area contributed by atoms with Crippen molar-refractivity contribution in [2.24, 2.45) is 0 Å². The van der Waals surface area contributed by atoms with E-state index in [1.807, 2.05) is 35.8 Å². The Balaban J connectivity index is 1.73. The molecule has 5 nitrogen and oxygen atoms in total. The molecule has 0 bridgehead atoms. The molecule has 0 unspecified atom stereocenters. The average Bonchev–Trinajstić information content (AvgIpc) is 3.16. The van der Waals surface area contributed by atoms with Gasteiger partial charge < -0.3 is 9.84 Å². The van der Waals surface area contributed by atoms with E-state index in [0.717, 1.165) is 36.5 Å². The van der Waals surface area contributed by atoms with Crippen molar-refractivity contribution >= 4 is 17.3 Å². The highest BCUT2D eigenvalue weighted by atomic mass is 32.1. The van der Waals surface area contributed by atoms with Gasteiger partial charge in [-0.25, -0.2) is 9.78 Å². The minimum atomic E-state index is -0.961. The molecule has 1 aliphatic rings. The number of likely N-dealkylation sites (tertiary alicyclic amines) is 1. The molecule has 1 fully saturated rings. The number of aromatic nitrogens is 1. The Morgan fingerprint density at radius 2 is 2.32 bits per heavy atom. The summed E-state index contributed by atoms with van der Waals surface area (Å²) in [7, 11) is 0. The van der Waals surface area contributed by atoms with Gasteiger partial charge in [-0.2, -0.15) is 0 Å². The predicted octanol–water partition coefficient (Wildman–Crippen LogP) is 2.94. The van der Waals surface area contributed by atoms with Crippen molar-refractivity contribution in [1.82, 2.24) is 9.88 Å². The quantitative estimate of drug-likeness (QED) is 0.887. The SMILES string of the molecule is O=C(O)COc1ccccc1CN1CCC[C@@H]1c1nccs1. The summed E-state index contributed by atoms with van der Waals surface area (Å²) in [6, 6.07) is 7.99. The fourth-order valence-electron chi connectivity index (χ4n) is 2.83. The van der Waals surface area contributed by atoms with Crippen molar-refractivity contribution in [3.8, 4) is 5.75 Å². The van der Waals surface area contributed by atoms with Gasteiger partial charge in [0.15, 0.2) is 6.61 Å². The number of benzene rings is 1. The van der Waals surface area contributed by atoms with E-state index in [1.54, 1.807) is 11.3 Å². The van der Waals surface area contributed by atoms with Gasteiger partial charge in [-0.3, -0.25) is 4.90 Å². The first-order valence-corrected chi connectivity index (χ1v) is 8.18. The molecular weight excluding hydrogens is 300 g/mol. The Kier molecular flexibility index (Phi) is 4.70. The molecule has 1 saturated heterocycles. The third-order valence-electron chi connectivity index (χ3n) is 3.80. The molecule has 1 aromatic heterocycles. The van der Waals surface area contributed by atoms with Crippen molar-refractivity contribution in [2.75, 3.05) is 13.2 Å². The van der Waals surface area contributed by atoms with Crippen LogP contribution >= 0.6 is 11.3 Å². The maximum Gasteiger partial charge on any atom is 0.341 e. The number of thiazole rings is 1. The Labute approximate surface area is 133 Å². The molecule has 116 valence electrons. The highest BCUT2D eigenvalue weighted by Gasteiger charge is 2.28. The Bertz CT molecular complexity index is 630. The van der Waals surface area contributed by atoms with Gasteiger partial charge >= 0.3 is 5.97 Å². The number of rotatable bonds is 6. The van der Waals surface area contributed by atoms with Gasteiger partial charge in [0.05, 0.1) is 6.04 Å². The van der Waals surface area contributed by atoms with Crippen LogP contribution in [0.5, 0.6) is 5.75 Å². The minimum absolute atomic E-state index is 0.313. The van der Waals surface area contributed by atoms with Crippen LogP contribution < -0.4 is 4.74 Å². The minimum Gasteiger partial charge on any atom is -0.482 e. The number of ether oxygens (including phenoxy) is 1. The van der Waals surface area contributed by atoms with Gasteiger partial charge in [0.2, 0.25) is 0 Å². The van der Waals surface area contributed by atoms with Crippen molar-refractivity contribution in [1.29, 1.82) is 0 Å². The van der Waals surface area contributed by atoms with Gasteiger partial charge in [-0.1, -0.05) is 18.2 Å². The van der Waals surface area contributed by atoms with Crippen LogP contribution in [-0.2, 0) is 11.3 Å². The van der Waals surface area contributed by atoms with Crippen molar-refractivity contribution in [2.45, 2.75) is 25.4 Å². The second-order valence-corrected chi connectivity index (χ2v) is 6.22. The summed E-state index contributed by atoms with van der Waals surface area (Å²) in [4.78, 5) is 17.5. The fraction of sp³-hybridized carbons (Fsp3) is 0.375. The summed E-state index contributed by atoms with van der Waals surface area (Å²) in [6.07, 6.45) is 4.12. The maximum atomic E-state index is 10.7. The zero-order chi connectivity index (χ0) is 15.4. The van der Waals surface area contributed by atoms with Gasteiger partial charge in [-0.05, 0) is 25.5 Å². The van der Waals surface area contributed by atoms with Crippen LogP contribution in [0, 0.1) is 0 Å². The molecule has 0 spiro atoms. The summed E-state index contributed by atoms with van der Waals surface area (Å²) < 4.78 is 5.40. The first kappa shape index (κ1) is 15.0. The number of carbonyl (C=O) groups is 1. The molecule has 22 heavy (non-hydrogen) atoms. The smallest absolute Gasteiger partial charge is 0.341 e. The van der Waals surface area contributed by atoms with Gasteiger partial charge in [-0.15, -0.1) is 11.3 Å². The molecule has 6 heteroatoms. The molecule has 2 aromatic rings. The number of aliphatic carboxylic acids is 1. The van der Waals surface area contributed by atoms with Crippen LogP contribution in [0.2, 0.25) is 0 Å². The lowest BCUT2D eigenvalue weighted by atomic mass is 10.1. The van der Waals surface area contributed by atoms with Crippen LogP contribution in [0.15, 0.2) is 35.8 Å². The maximum absolute atomic E-state index is 10.7. The standard InChI is InChI=1S/C16H18N2O3S/c19-15(20)11-21-14-6-2-1-4-12(14)10-18-8-3-5-13(18)16-17-7-9-22-16/h1-2,4,6-7,9,13H,3,5,8,10-11H2,(H,19,20)/t13-/m1/s1. The molecule has 0 radical (unpaired) electrons. The molecule has 1 aliphatic heterocycles. The van der Waals surface area contributed by atoms with E-state index >= 15 is 0 Å². The number of carboxylic acid groups (broad SMARTS) is 1. The number of para-hydroxylation sites is 1. The highest BCUT2D eigenvalue weighted by Crippen LogP contribution is 2.35. The first-order valence-electron chi connectivity index (χ1n) is 7.30. The number of hydrogen-bond acceptors (Lipinski definition) is 5. The molecule has 1 atom stereocenters. The highest BCUT2D eigenvalue weighted by molar-refractivity contribution is 7.09. The van der Waals surface area contributed by atoms with E-state index in [9.17, 15) is 4.79 Å². The van der Waals surface area contributed by atoms with Crippen LogP contribution in [0.25, 0.3) is 0 Å². The molecule has 0 amide bonds. The van der Waals surface area contributed by atoms with Crippen LogP contribution in [0.3, 0.4) is 0 Å². The molecular formula is C16H18N2O3S. The van der Waals surface area contributed by atoms with Gasteiger partial charge in [0.25, 0.3) is 0 Å². The van der Waals surface area contributed by atoms with Crippen molar-refractivity contribution < 1.29 is 14.6 Å². The van der Waals surface area contributed by atoms with Crippen LogP contribution in [-0.4, -0.2) is 34.1 Å². The zero-order valence-electron chi connectivity index (χ0n) is 12.1. The fourth-order valence-corrected chi connectivity index (χ4v) is 3.63. The third kappa shape index (κ3) is 3.45. The van der Waals surface area contributed by atoms with E-state index in [2.05, 4.69) is 9.88 Å². The lowest BCUT2D eigenvalue weighted by molar-refractivity contribution is -0.139. The van der Waals surface area contributed by atoms with Crippen LogP contribution in [0.1, 0.15) is 29.5 Å². The second-order valence-electron chi connectivity index (χ2n) is 5.29. The predicted molar refractivity (Wildman–Crippen MR) is 84.1 cm³/mol. The number of hydrogen-bond donors (Lipinski definition) is 1. The molecule has 1 aromatic carbocycles. The van der Waals surface area contributed by atoms with E-state index in [0.29, 0.717) is 11.8 Å². The summed E-state index contributed by atoms with van der Waals surface area (Å²) in [5.74, 6) is -0.314. The van der Waals surface area contributed by atoms with E-state index in [1.165, 1.54) is 0 Å². The summed E-state index contributed by atoms with van der Waals surface area (Å²) >= 11 is 1.69. The topological polar surface area (TPSA) is 62.7 Å². The number of carboxylic acids is 1. The Morgan fingerprint density at radius 1 is 1.45 bits per heavy atom. The molecule has 1 N–H and O–H groups in total. The summed E-state index contributed by atoms with van der Waals surface area (Å²) in [6.45, 7) is 1.46. The van der Waals surface area contributed by atoms with E-state index in [4.69, 9.17) is 9.84 Å². The number of nitrogens with zero attached hydrogens (tertiary/aromatic N) is 2. The molecule has 0 aliphatic carbocycles. The van der Waals surface area contributed by atoms with E-state index < -0.39 is 5.97 Å². The van der Waals surface area contributed by atoms with E-state index in [-0.39, 0.29) is 6.61 Å². The normalized spacial score (nSPS) is 18.5. The Hall–Kier alpha value is -1.92. The van der Waals surface area contributed by atoms with Crippen molar-refractivity contribution in [3.05, 3.63) is 46.4 Å². The lowest BCUT2D eigenvalue weighted by Gasteiger charge is -2.23.